The maximum Gasteiger partial charge on any atom is 0.330 e. The van der Waals surface area contributed by atoms with Gasteiger partial charge in [0.2, 0.25) is 0 Å². The summed E-state index contributed by atoms with van der Waals surface area (Å²) in [7, 11) is 3.01. The monoisotopic (exact) mass is 303 g/mol. The second-order valence-electron chi connectivity index (χ2n) is 5.64. The quantitative estimate of drug-likeness (QED) is 0.853. The lowest BCUT2D eigenvalue weighted by molar-refractivity contribution is 0.229. The minimum absolute atomic E-state index is 0.280. The zero-order valence-electron chi connectivity index (χ0n) is 12.4. The van der Waals surface area contributed by atoms with Crippen molar-refractivity contribution in [3.8, 4) is 0 Å². The highest BCUT2D eigenvalue weighted by Gasteiger charge is 2.38. The zero-order chi connectivity index (χ0) is 15.9. The molecule has 8 nitrogen and oxygen atoms in total. The minimum Gasteiger partial charge on any atom is -0.335 e. The number of aromatic nitrogens is 4. The average Bonchev–Trinajstić information content (AvgIpc) is 2.94. The number of nitrogens with two attached hydrogens (primary N) is 1. The van der Waals surface area contributed by atoms with E-state index in [1.165, 1.54) is 17.8 Å². The molecule has 0 aliphatic heterocycles. The van der Waals surface area contributed by atoms with Crippen LogP contribution in [0.25, 0.3) is 12.2 Å². The Morgan fingerprint density at radius 1 is 1.32 bits per heavy atom. The molecule has 0 aromatic carbocycles. The Kier molecular flexibility index (Phi) is 3.32. The molecule has 0 amide bonds. The van der Waals surface area contributed by atoms with Gasteiger partial charge in [0.15, 0.2) is 5.82 Å². The Labute approximate surface area is 125 Å². The largest absolute Gasteiger partial charge is 0.335 e. The van der Waals surface area contributed by atoms with Crippen molar-refractivity contribution in [1.29, 1.82) is 0 Å². The molecule has 1 saturated carbocycles. The van der Waals surface area contributed by atoms with Crippen molar-refractivity contribution >= 4 is 12.2 Å². The molecule has 8 heteroatoms. The highest BCUT2D eigenvalue weighted by atomic mass is 16.5. The van der Waals surface area contributed by atoms with E-state index in [0.717, 1.165) is 23.8 Å². The number of rotatable bonds is 3. The highest BCUT2D eigenvalue weighted by molar-refractivity contribution is 5.64. The smallest absolute Gasteiger partial charge is 0.330 e. The molecule has 0 bridgehead atoms. The fourth-order valence-electron chi connectivity index (χ4n) is 2.40. The summed E-state index contributed by atoms with van der Waals surface area (Å²) in [5.74, 6) is 0.773. The lowest BCUT2D eigenvalue weighted by Gasteiger charge is -2.34. The second-order valence-corrected chi connectivity index (χ2v) is 5.64. The third-order valence-electron chi connectivity index (χ3n) is 4.01. The van der Waals surface area contributed by atoms with Crippen LogP contribution in [0, 0.1) is 0 Å². The van der Waals surface area contributed by atoms with Gasteiger partial charge in [0.05, 0.1) is 11.1 Å². The molecule has 2 aromatic heterocycles. The Balaban J connectivity index is 1.89. The summed E-state index contributed by atoms with van der Waals surface area (Å²) >= 11 is 0. The number of hydrogen-bond donors (Lipinski definition) is 1. The molecular weight excluding hydrogens is 286 g/mol. The van der Waals surface area contributed by atoms with Gasteiger partial charge in [-0.1, -0.05) is 5.16 Å². The first kappa shape index (κ1) is 14.5. The molecule has 116 valence electrons. The summed E-state index contributed by atoms with van der Waals surface area (Å²) in [6, 6.07) is 0. The normalized spacial score (nSPS) is 16.9. The molecule has 1 aliphatic rings. The lowest BCUT2D eigenvalue weighted by atomic mass is 9.77. The summed E-state index contributed by atoms with van der Waals surface area (Å²) < 4.78 is 7.51. The lowest BCUT2D eigenvalue weighted by Crippen LogP contribution is -2.44. The molecule has 0 saturated heterocycles. The first-order chi connectivity index (χ1) is 10.4. The van der Waals surface area contributed by atoms with E-state index in [4.69, 9.17) is 10.3 Å². The van der Waals surface area contributed by atoms with Crippen molar-refractivity contribution in [2.24, 2.45) is 19.8 Å². The van der Waals surface area contributed by atoms with Crippen LogP contribution in [-0.2, 0) is 19.6 Å². The molecule has 0 radical (unpaired) electrons. The Morgan fingerprint density at radius 3 is 2.68 bits per heavy atom. The van der Waals surface area contributed by atoms with E-state index >= 15 is 0 Å². The van der Waals surface area contributed by atoms with Gasteiger partial charge in [0, 0.05) is 26.4 Å². The zero-order valence-corrected chi connectivity index (χ0v) is 12.4. The molecule has 0 spiro atoms. The van der Waals surface area contributed by atoms with Crippen molar-refractivity contribution < 1.29 is 4.52 Å². The Bertz CT molecular complexity index is 854. The van der Waals surface area contributed by atoms with Crippen LogP contribution in [0.2, 0.25) is 0 Å². The highest BCUT2D eigenvalue weighted by Crippen LogP contribution is 2.36. The van der Waals surface area contributed by atoms with Gasteiger partial charge in [-0.2, -0.15) is 4.98 Å². The third kappa shape index (κ3) is 2.31. The predicted molar refractivity (Wildman–Crippen MR) is 79.9 cm³/mol. The molecule has 0 unspecified atom stereocenters. The summed E-state index contributed by atoms with van der Waals surface area (Å²) in [5.41, 5.74) is 5.24. The maximum atomic E-state index is 12.0. The van der Waals surface area contributed by atoms with E-state index in [2.05, 4.69) is 10.1 Å². The number of aryl methyl sites for hydroxylation is 1. The SMILES string of the molecule is Cn1cc(/C=C/c2nc(C3(N)CCC3)no2)c(=O)n(C)c1=O. The van der Waals surface area contributed by atoms with Crippen LogP contribution in [0.15, 0.2) is 20.3 Å². The van der Waals surface area contributed by atoms with E-state index in [0.29, 0.717) is 11.4 Å². The first-order valence-corrected chi connectivity index (χ1v) is 6.98. The minimum atomic E-state index is -0.484. The number of hydrogen-bond acceptors (Lipinski definition) is 6. The van der Waals surface area contributed by atoms with Crippen LogP contribution in [0.3, 0.4) is 0 Å². The third-order valence-corrected chi connectivity index (χ3v) is 4.01. The summed E-state index contributed by atoms with van der Waals surface area (Å²) in [4.78, 5) is 27.9. The van der Waals surface area contributed by atoms with Crippen molar-refractivity contribution in [2.75, 3.05) is 0 Å². The average molecular weight is 303 g/mol. The van der Waals surface area contributed by atoms with Crippen LogP contribution in [0.1, 0.15) is 36.5 Å². The van der Waals surface area contributed by atoms with E-state index in [-0.39, 0.29) is 17.1 Å². The molecule has 3 rings (SSSR count). The van der Waals surface area contributed by atoms with Crippen LogP contribution in [0.4, 0.5) is 0 Å². The topological polar surface area (TPSA) is 109 Å². The van der Waals surface area contributed by atoms with Gasteiger partial charge in [-0.15, -0.1) is 0 Å². The summed E-state index contributed by atoms with van der Waals surface area (Å²) in [5, 5.41) is 3.89. The molecule has 1 aliphatic carbocycles. The van der Waals surface area contributed by atoms with Crippen molar-refractivity contribution in [3.05, 3.63) is 44.3 Å². The van der Waals surface area contributed by atoms with Gasteiger partial charge < -0.3 is 14.8 Å². The van der Waals surface area contributed by atoms with Gasteiger partial charge in [-0.25, -0.2) is 4.79 Å². The van der Waals surface area contributed by atoms with Gasteiger partial charge in [0.1, 0.15) is 0 Å². The van der Waals surface area contributed by atoms with E-state index in [1.807, 2.05) is 0 Å². The molecule has 2 N–H and O–H groups in total. The molecule has 1 fully saturated rings. The van der Waals surface area contributed by atoms with Crippen LogP contribution in [0.5, 0.6) is 0 Å². The molecule has 2 aromatic rings. The first-order valence-electron chi connectivity index (χ1n) is 6.98. The predicted octanol–water partition coefficient (Wildman–Crippen LogP) is -0.0247. The van der Waals surface area contributed by atoms with Crippen LogP contribution >= 0.6 is 0 Å². The molecule has 22 heavy (non-hydrogen) atoms. The Hall–Kier alpha value is -2.48. The van der Waals surface area contributed by atoms with E-state index in [9.17, 15) is 9.59 Å². The molecular formula is C14H17N5O3. The Morgan fingerprint density at radius 2 is 2.05 bits per heavy atom. The van der Waals surface area contributed by atoms with E-state index < -0.39 is 5.54 Å². The standard InChI is InChI=1S/C14H17N5O3/c1-18-8-9(11(20)19(2)13(18)21)4-5-10-16-12(17-22-10)14(15)6-3-7-14/h4-5,8H,3,6-7,15H2,1-2H3/b5-4+. The maximum absolute atomic E-state index is 12.0. The van der Waals surface area contributed by atoms with Gasteiger partial charge in [0.25, 0.3) is 11.4 Å². The van der Waals surface area contributed by atoms with Crippen molar-refractivity contribution in [3.63, 3.8) is 0 Å². The second kappa shape index (κ2) is 5.06. The number of nitrogens with zero attached hydrogens (tertiary/aromatic N) is 4. The summed E-state index contributed by atoms with van der Waals surface area (Å²) in [6.07, 6.45) is 7.30. The van der Waals surface area contributed by atoms with Crippen LogP contribution < -0.4 is 17.0 Å². The fraction of sp³-hybridized carbons (Fsp3) is 0.429. The van der Waals surface area contributed by atoms with Gasteiger partial charge >= 0.3 is 5.69 Å². The van der Waals surface area contributed by atoms with E-state index in [1.54, 1.807) is 19.2 Å². The van der Waals surface area contributed by atoms with Crippen molar-refractivity contribution in [2.45, 2.75) is 24.8 Å². The van der Waals surface area contributed by atoms with Gasteiger partial charge in [-0.3, -0.25) is 9.36 Å². The van der Waals surface area contributed by atoms with Crippen LogP contribution in [-0.4, -0.2) is 19.3 Å². The van der Waals surface area contributed by atoms with Gasteiger partial charge in [-0.05, 0) is 25.3 Å². The van der Waals surface area contributed by atoms with Crippen molar-refractivity contribution in [1.82, 2.24) is 19.3 Å². The fourth-order valence-corrected chi connectivity index (χ4v) is 2.40. The molecule has 2 heterocycles. The molecule has 0 atom stereocenters. The summed E-state index contributed by atoms with van der Waals surface area (Å²) in [6.45, 7) is 0.